The van der Waals surface area contributed by atoms with Crippen LogP contribution in [-0.2, 0) is 17.8 Å². The molecule has 0 aliphatic heterocycles. The number of amides is 1. The van der Waals surface area contributed by atoms with Crippen molar-refractivity contribution in [2.24, 2.45) is 0 Å². The Hall–Kier alpha value is -1.89. The average molecular weight is 284 g/mol. The highest BCUT2D eigenvalue weighted by molar-refractivity contribution is 6.17. The minimum atomic E-state index is -0.234. The van der Waals surface area contributed by atoms with Crippen LogP contribution >= 0.6 is 11.6 Å². The normalized spacial score (nSPS) is 10.6. The number of carbonyl (C=O) groups excluding carboxylic acids is 1. The zero-order valence-corrected chi connectivity index (χ0v) is 11.2. The summed E-state index contributed by atoms with van der Waals surface area (Å²) in [7, 11) is 0. The number of carbonyl (C=O) groups is 1. The summed E-state index contributed by atoms with van der Waals surface area (Å²) in [6.07, 6.45) is 3.33. The van der Waals surface area contributed by atoms with Crippen molar-refractivity contribution in [3.8, 4) is 0 Å². The number of aryl methyl sites for hydroxylation is 2. The van der Waals surface area contributed by atoms with Gasteiger partial charge in [-0.2, -0.15) is 0 Å². The Balaban J connectivity index is 1.86. The van der Waals surface area contributed by atoms with Gasteiger partial charge in [0.05, 0.1) is 5.69 Å². The largest absolute Gasteiger partial charge is 0.360 e. The summed E-state index contributed by atoms with van der Waals surface area (Å²) in [6.45, 7) is 1.84. The summed E-state index contributed by atoms with van der Waals surface area (Å²) in [5, 5.41) is 14.1. The van der Waals surface area contributed by atoms with Gasteiger partial charge < -0.3 is 9.84 Å². The van der Waals surface area contributed by atoms with Gasteiger partial charge in [0.25, 0.3) is 0 Å². The quantitative estimate of drug-likeness (QED) is 0.810. The van der Waals surface area contributed by atoms with Gasteiger partial charge in [0.2, 0.25) is 5.91 Å². The van der Waals surface area contributed by atoms with Gasteiger partial charge in [-0.15, -0.1) is 16.7 Å². The van der Waals surface area contributed by atoms with Crippen molar-refractivity contribution in [2.45, 2.75) is 26.3 Å². The first kappa shape index (κ1) is 13.5. The summed E-state index contributed by atoms with van der Waals surface area (Å²) in [5.41, 5.74) is 0.825. The number of nitrogens with one attached hydrogen (secondary N) is 1. The molecule has 0 saturated carbocycles. The molecule has 19 heavy (non-hydrogen) atoms. The fraction of sp³-hybridized carbons (Fsp3) is 0.455. The van der Waals surface area contributed by atoms with E-state index in [2.05, 4.69) is 20.8 Å². The smallest absolute Gasteiger partial charge is 0.247 e. The average Bonchev–Trinajstić information content (AvgIpc) is 2.96. The molecule has 0 atom stereocenters. The lowest BCUT2D eigenvalue weighted by Crippen LogP contribution is -2.19. The summed E-state index contributed by atoms with van der Waals surface area (Å²) in [6, 6.07) is 1.64. The van der Waals surface area contributed by atoms with Gasteiger partial charge in [-0.05, 0) is 19.8 Å². The van der Waals surface area contributed by atoms with Crippen molar-refractivity contribution >= 4 is 23.3 Å². The van der Waals surface area contributed by atoms with Crippen LogP contribution < -0.4 is 5.32 Å². The van der Waals surface area contributed by atoms with E-state index in [1.807, 2.05) is 0 Å². The molecule has 1 amide bonds. The van der Waals surface area contributed by atoms with Crippen LogP contribution in [0.15, 0.2) is 16.8 Å². The van der Waals surface area contributed by atoms with E-state index in [0.29, 0.717) is 17.5 Å². The van der Waals surface area contributed by atoms with Crippen LogP contribution in [0.5, 0.6) is 0 Å². The second-order valence-corrected chi connectivity index (χ2v) is 4.45. The van der Waals surface area contributed by atoms with Crippen LogP contribution in [0.1, 0.15) is 17.9 Å². The summed E-state index contributed by atoms with van der Waals surface area (Å²) in [4.78, 5) is 11.7. The van der Waals surface area contributed by atoms with Crippen molar-refractivity contribution in [1.29, 1.82) is 0 Å². The number of hydrogen-bond donors (Lipinski definition) is 1. The third-order valence-electron chi connectivity index (χ3n) is 2.35. The number of aromatic nitrogens is 4. The molecule has 8 heteroatoms. The number of alkyl halides is 1. The predicted molar refractivity (Wildman–Crippen MR) is 68.9 cm³/mol. The van der Waals surface area contributed by atoms with Gasteiger partial charge in [-0.1, -0.05) is 10.4 Å². The molecular formula is C11H14ClN5O2. The van der Waals surface area contributed by atoms with Crippen molar-refractivity contribution in [1.82, 2.24) is 20.2 Å². The highest BCUT2D eigenvalue weighted by atomic mass is 35.5. The Morgan fingerprint density at radius 3 is 3.11 bits per heavy atom. The molecule has 2 aromatic rings. The van der Waals surface area contributed by atoms with Gasteiger partial charge >= 0.3 is 0 Å². The van der Waals surface area contributed by atoms with Gasteiger partial charge in [0.1, 0.15) is 12.3 Å². The molecule has 0 saturated heterocycles. The molecule has 0 radical (unpaired) electrons. The molecule has 0 aliphatic carbocycles. The first-order chi connectivity index (χ1) is 9.17. The van der Waals surface area contributed by atoms with Gasteiger partial charge in [0, 0.05) is 18.1 Å². The number of anilines is 1. The van der Waals surface area contributed by atoms with E-state index < -0.39 is 0 Å². The summed E-state index contributed by atoms with van der Waals surface area (Å²) >= 11 is 5.60. The molecular weight excluding hydrogens is 270 g/mol. The van der Waals surface area contributed by atoms with E-state index in [9.17, 15) is 4.79 Å². The minimum absolute atomic E-state index is 0.0831. The first-order valence-corrected chi connectivity index (χ1v) is 6.39. The molecule has 0 aromatic carbocycles. The van der Waals surface area contributed by atoms with E-state index >= 15 is 0 Å². The predicted octanol–water partition coefficient (Wildman–Crippen LogP) is 1.38. The third kappa shape index (κ3) is 4.06. The SMILES string of the molecule is Cc1cc(NC(=O)Cn2cc(CCCCl)nn2)no1. The molecule has 0 bridgehead atoms. The Morgan fingerprint density at radius 2 is 2.42 bits per heavy atom. The molecule has 102 valence electrons. The van der Waals surface area contributed by atoms with Crippen LogP contribution in [0.3, 0.4) is 0 Å². The molecule has 7 nitrogen and oxygen atoms in total. The lowest BCUT2D eigenvalue weighted by Gasteiger charge is -2.00. The number of nitrogens with zero attached hydrogens (tertiary/aromatic N) is 4. The van der Waals surface area contributed by atoms with Crippen LogP contribution in [0.2, 0.25) is 0 Å². The highest BCUT2D eigenvalue weighted by Crippen LogP contribution is 2.07. The van der Waals surface area contributed by atoms with E-state index in [1.54, 1.807) is 19.2 Å². The minimum Gasteiger partial charge on any atom is -0.360 e. The van der Waals surface area contributed by atoms with E-state index in [4.69, 9.17) is 16.1 Å². The standard InChI is InChI=1S/C11H14ClN5O2/c1-8-5-10(15-19-8)13-11(18)7-17-6-9(14-16-17)3-2-4-12/h5-6H,2-4,7H2,1H3,(H,13,15,18). The molecule has 0 unspecified atom stereocenters. The topological polar surface area (TPSA) is 85.8 Å². The maximum Gasteiger partial charge on any atom is 0.247 e. The maximum atomic E-state index is 11.7. The van der Waals surface area contributed by atoms with Crippen LogP contribution in [-0.4, -0.2) is 31.9 Å². The van der Waals surface area contributed by atoms with E-state index in [1.165, 1.54) is 4.68 Å². The Bertz CT molecular complexity index is 551. The number of rotatable bonds is 6. The fourth-order valence-corrected chi connectivity index (χ4v) is 1.67. The molecule has 0 aliphatic rings. The van der Waals surface area contributed by atoms with Gasteiger partial charge in [-0.25, -0.2) is 4.68 Å². The molecule has 2 aromatic heterocycles. The van der Waals surface area contributed by atoms with Gasteiger partial charge in [-0.3, -0.25) is 4.79 Å². The molecule has 1 N–H and O–H groups in total. The van der Waals surface area contributed by atoms with E-state index in [-0.39, 0.29) is 12.5 Å². The monoisotopic (exact) mass is 283 g/mol. The lowest BCUT2D eigenvalue weighted by molar-refractivity contribution is -0.117. The Labute approximate surface area is 114 Å². The zero-order valence-electron chi connectivity index (χ0n) is 10.5. The van der Waals surface area contributed by atoms with Crippen molar-refractivity contribution in [3.05, 3.63) is 23.7 Å². The fourth-order valence-electron chi connectivity index (χ4n) is 1.53. The Kier molecular flexibility index (Phi) is 4.51. The zero-order chi connectivity index (χ0) is 13.7. The third-order valence-corrected chi connectivity index (χ3v) is 2.62. The summed E-state index contributed by atoms with van der Waals surface area (Å²) < 4.78 is 6.33. The lowest BCUT2D eigenvalue weighted by atomic mass is 10.3. The van der Waals surface area contributed by atoms with Crippen molar-refractivity contribution < 1.29 is 9.32 Å². The second kappa shape index (κ2) is 6.33. The maximum absolute atomic E-state index is 11.7. The van der Waals surface area contributed by atoms with Crippen LogP contribution in [0.4, 0.5) is 5.82 Å². The second-order valence-electron chi connectivity index (χ2n) is 4.07. The summed E-state index contributed by atoms with van der Waals surface area (Å²) in [5.74, 6) is 1.38. The van der Waals surface area contributed by atoms with Gasteiger partial charge in [0.15, 0.2) is 5.82 Å². The van der Waals surface area contributed by atoms with Crippen LogP contribution in [0, 0.1) is 6.92 Å². The van der Waals surface area contributed by atoms with Crippen LogP contribution in [0.25, 0.3) is 0 Å². The highest BCUT2D eigenvalue weighted by Gasteiger charge is 2.08. The van der Waals surface area contributed by atoms with Crippen molar-refractivity contribution in [2.75, 3.05) is 11.2 Å². The number of hydrogen-bond acceptors (Lipinski definition) is 5. The first-order valence-electron chi connectivity index (χ1n) is 5.85. The van der Waals surface area contributed by atoms with Crippen molar-refractivity contribution in [3.63, 3.8) is 0 Å². The number of halogens is 1. The molecule has 0 spiro atoms. The molecule has 0 fully saturated rings. The van der Waals surface area contributed by atoms with E-state index in [0.717, 1.165) is 18.5 Å². The molecule has 2 rings (SSSR count). The molecule has 2 heterocycles. The Morgan fingerprint density at radius 1 is 1.58 bits per heavy atom.